The molecule has 2 aromatic heterocycles. The fraction of sp³-hybridized carbons (Fsp3) is 0.160. The number of nitrogens with zero attached hydrogens (tertiary/aromatic N) is 3. The van der Waals surface area contributed by atoms with Gasteiger partial charge in [0.05, 0.1) is 28.6 Å². The number of pyridine rings is 1. The first-order valence-corrected chi connectivity index (χ1v) is 11.5. The smallest absolute Gasteiger partial charge is 0.351 e. The SMILES string of the molecule is O=C(CSc1ccc(C(F)(F)F)cn1)NCc1cn(Cc2ccccc2)nc1-c1ccccc1. The van der Waals surface area contributed by atoms with Gasteiger partial charge in [-0.05, 0) is 17.7 Å². The molecule has 2 heterocycles. The molecule has 4 aromatic rings. The Hall–Kier alpha value is -3.59. The number of nitrogens with one attached hydrogen (secondary N) is 1. The standard InChI is InChI=1S/C25H21F3N4OS/c26-25(27,28)21-11-12-23(30-14-21)34-17-22(33)29-13-20-16-32(15-18-7-3-1-4-8-18)31-24(20)19-9-5-2-6-10-19/h1-12,14,16H,13,15,17H2,(H,29,33). The first kappa shape index (κ1) is 23.6. The van der Waals surface area contributed by atoms with Crippen molar-refractivity contribution in [1.82, 2.24) is 20.1 Å². The molecule has 5 nitrogen and oxygen atoms in total. The summed E-state index contributed by atoms with van der Waals surface area (Å²) < 4.78 is 39.8. The van der Waals surface area contributed by atoms with Crippen molar-refractivity contribution in [2.24, 2.45) is 0 Å². The van der Waals surface area contributed by atoms with Gasteiger partial charge in [0, 0.05) is 30.1 Å². The summed E-state index contributed by atoms with van der Waals surface area (Å²) in [6.45, 7) is 0.878. The van der Waals surface area contributed by atoms with Gasteiger partial charge in [0.1, 0.15) is 0 Å². The minimum atomic E-state index is -4.44. The molecule has 0 saturated heterocycles. The van der Waals surface area contributed by atoms with Gasteiger partial charge in [0.25, 0.3) is 0 Å². The van der Waals surface area contributed by atoms with Crippen LogP contribution in [0.25, 0.3) is 11.3 Å². The fourth-order valence-corrected chi connectivity index (χ4v) is 3.97. The molecule has 0 aliphatic rings. The van der Waals surface area contributed by atoms with Crippen LogP contribution in [-0.2, 0) is 24.1 Å². The van der Waals surface area contributed by atoms with Crippen molar-refractivity contribution in [3.8, 4) is 11.3 Å². The van der Waals surface area contributed by atoms with Crippen molar-refractivity contribution in [1.29, 1.82) is 0 Å². The Morgan fingerprint density at radius 1 is 0.971 bits per heavy atom. The van der Waals surface area contributed by atoms with Gasteiger partial charge in [-0.3, -0.25) is 9.48 Å². The monoisotopic (exact) mass is 482 g/mol. The molecule has 0 bridgehead atoms. The van der Waals surface area contributed by atoms with Crippen molar-refractivity contribution >= 4 is 17.7 Å². The molecule has 0 saturated carbocycles. The van der Waals surface area contributed by atoms with E-state index in [1.54, 1.807) is 0 Å². The van der Waals surface area contributed by atoms with E-state index in [-0.39, 0.29) is 18.2 Å². The van der Waals surface area contributed by atoms with Gasteiger partial charge >= 0.3 is 6.18 Å². The summed E-state index contributed by atoms with van der Waals surface area (Å²) in [5.74, 6) is -0.210. The van der Waals surface area contributed by atoms with Crippen LogP contribution in [0, 0.1) is 0 Å². The van der Waals surface area contributed by atoms with Crippen molar-refractivity contribution in [3.63, 3.8) is 0 Å². The molecule has 174 valence electrons. The van der Waals surface area contributed by atoms with Crippen LogP contribution < -0.4 is 5.32 Å². The lowest BCUT2D eigenvalue weighted by molar-refractivity contribution is -0.137. The van der Waals surface area contributed by atoms with Crippen molar-refractivity contribution in [2.75, 3.05) is 5.75 Å². The maximum atomic E-state index is 12.7. The molecule has 0 unspecified atom stereocenters. The maximum Gasteiger partial charge on any atom is 0.417 e. The summed E-state index contributed by atoms with van der Waals surface area (Å²) in [5.41, 5.74) is 2.90. The summed E-state index contributed by atoms with van der Waals surface area (Å²) in [4.78, 5) is 16.2. The number of alkyl halides is 3. The van der Waals surface area contributed by atoms with Gasteiger partial charge in [-0.1, -0.05) is 72.4 Å². The highest BCUT2D eigenvalue weighted by Crippen LogP contribution is 2.29. The zero-order valence-electron chi connectivity index (χ0n) is 18.0. The zero-order chi connectivity index (χ0) is 24.0. The number of benzene rings is 2. The summed E-state index contributed by atoms with van der Waals surface area (Å²) in [6.07, 6.45) is -1.75. The number of amides is 1. The second-order valence-electron chi connectivity index (χ2n) is 7.50. The maximum absolute atomic E-state index is 12.7. The van der Waals surface area contributed by atoms with Gasteiger partial charge in [-0.25, -0.2) is 4.98 Å². The van der Waals surface area contributed by atoms with Crippen LogP contribution in [0.15, 0.2) is 90.2 Å². The first-order valence-electron chi connectivity index (χ1n) is 10.5. The molecule has 0 aliphatic carbocycles. The van der Waals surface area contributed by atoms with E-state index >= 15 is 0 Å². The van der Waals surface area contributed by atoms with Crippen LogP contribution in [0.5, 0.6) is 0 Å². The Labute approximate surface area is 199 Å². The molecule has 0 atom stereocenters. The van der Waals surface area contributed by atoms with E-state index in [1.807, 2.05) is 71.5 Å². The summed E-state index contributed by atoms with van der Waals surface area (Å²) in [6, 6.07) is 21.9. The van der Waals surface area contributed by atoms with E-state index in [2.05, 4.69) is 10.3 Å². The predicted molar refractivity (Wildman–Crippen MR) is 125 cm³/mol. The number of hydrogen-bond acceptors (Lipinski definition) is 4. The van der Waals surface area contributed by atoms with E-state index in [0.717, 1.165) is 46.4 Å². The number of thioether (sulfide) groups is 1. The minimum Gasteiger partial charge on any atom is -0.351 e. The molecule has 0 fully saturated rings. The Bertz CT molecular complexity index is 1230. The molecule has 1 amide bonds. The molecular formula is C25H21F3N4OS. The van der Waals surface area contributed by atoms with Gasteiger partial charge in [0.15, 0.2) is 0 Å². The number of carbonyl (C=O) groups excluding carboxylic acids is 1. The molecule has 0 radical (unpaired) electrons. The lowest BCUT2D eigenvalue weighted by atomic mass is 10.1. The minimum absolute atomic E-state index is 0.0389. The van der Waals surface area contributed by atoms with Crippen LogP contribution in [0.1, 0.15) is 16.7 Å². The van der Waals surface area contributed by atoms with Gasteiger partial charge in [-0.2, -0.15) is 18.3 Å². The highest BCUT2D eigenvalue weighted by molar-refractivity contribution is 7.99. The zero-order valence-corrected chi connectivity index (χ0v) is 18.8. The molecule has 0 aliphatic heterocycles. The molecule has 0 spiro atoms. The predicted octanol–water partition coefficient (Wildman–Crippen LogP) is 5.42. The largest absolute Gasteiger partial charge is 0.417 e. The van der Waals surface area contributed by atoms with E-state index in [1.165, 1.54) is 6.07 Å². The number of hydrogen-bond donors (Lipinski definition) is 1. The Kier molecular flexibility index (Phi) is 7.32. The van der Waals surface area contributed by atoms with Crippen molar-refractivity contribution in [2.45, 2.75) is 24.3 Å². The second kappa shape index (κ2) is 10.6. The molecule has 1 N–H and O–H groups in total. The van der Waals surface area contributed by atoms with Crippen LogP contribution in [0.3, 0.4) is 0 Å². The highest BCUT2D eigenvalue weighted by Gasteiger charge is 2.30. The number of rotatable bonds is 8. The highest BCUT2D eigenvalue weighted by atomic mass is 32.2. The third-order valence-electron chi connectivity index (χ3n) is 4.96. The number of carbonyl (C=O) groups is 1. The summed E-state index contributed by atoms with van der Waals surface area (Å²) in [7, 11) is 0. The average Bonchev–Trinajstić information content (AvgIpc) is 3.25. The molecule has 9 heteroatoms. The lowest BCUT2D eigenvalue weighted by Crippen LogP contribution is -2.24. The topological polar surface area (TPSA) is 59.8 Å². The lowest BCUT2D eigenvalue weighted by Gasteiger charge is -2.07. The Morgan fingerprint density at radius 2 is 1.68 bits per heavy atom. The molecule has 34 heavy (non-hydrogen) atoms. The van der Waals surface area contributed by atoms with Gasteiger partial charge in [0.2, 0.25) is 5.91 Å². The first-order chi connectivity index (χ1) is 16.4. The van der Waals surface area contributed by atoms with Gasteiger partial charge in [-0.15, -0.1) is 0 Å². The Balaban J connectivity index is 1.40. The third kappa shape index (κ3) is 6.26. The number of aromatic nitrogens is 3. The summed E-state index contributed by atoms with van der Waals surface area (Å²) >= 11 is 1.08. The van der Waals surface area contributed by atoms with E-state index in [4.69, 9.17) is 5.10 Å². The van der Waals surface area contributed by atoms with Crippen LogP contribution in [-0.4, -0.2) is 26.4 Å². The normalized spacial score (nSPS) is 11.4. The fourth-order valence-electron chi connectivity index (χ4n) is 3.30. The van der Waals surface area contributed by atoms with E-state index in [9.17, 15) is 18.0 Å². The van der Waals surface area contributed by atoms with Crippen LogP contribution in [0.4, 0.5) is 13.2 Å². The van der Waals surface area contributed by atoms with Crippen molar-refractivity contribution < 1.29 is 18.0 Å². The average molecular weight is 483 g/mol. The molecule has 4 rings (SSSR count). The summed E-state index contributed by atoms with van der Waals surface area (Å²) in [5, 5.41) is 7.96. The van der Waals surface area contributed by atoms with Crippen LogP contribution in [0.2, 0.25) is 0 Å². The molecular weight excluding hydrogens is 461 g/mol. The molecule has 2 aromatic carbocycles. The second-order valence-corrected chi connectivity index (χ2v) is 8.50. The van der Waals surface area contributed by atoms with E-state index < -0.39 is 11.7 Å². The quantitative estimate of drug-likeness (QED) is 0.341. The van der Waals surface area contributed by atoms with E-state index in [0.29, 0.717) is 11.6 Å². The Morgan fingerprint density at radius 3 is 2.32 bits per heavy atom. The van der Waals surface area contributed by atoms with Crippen molar-refractivity contribution in [3.05, 3.63) is 102 Å². The van der Waals surface area contributed by atoms with Crippen LogP contribution >= 0.6 is 11.8 Å². The van der Waals surface area contributed by atoms with Gasteiger partial charge < -0.3 is 5.32 Å². The third-order valence-corrected chi connectivity index (χ3v) is 5.91. The number of halogens is 3.